The number of ether oxygens (including phenoxy) is 2. The molecule has 0 aliphatic rings. The van der Waals surface area contributed by atoms with Crippen LogP contribution < -0.4 is 9.47 Å². The van der Waals surface area contributed by atoms with E-state index in [1.165, 1.54) is 0 Å². The van der Waals surface area contributed by atoms with Gasteiger partial charge in [-0.2, -0.15) is 13.2 Å². The maximum atomic E-state index is 13.4. The van der Waals surface area contributed by atoms with Gasteiger partial charge in [0.2, 0.25) is 5.92 Å². The molecule has 0 aliphatic carbocycles. The Kier molecular flexibility index (Phi) is 7.81. The summed E-state index contributed by atoms with van der Waals surface area (Å²) in [6.45, 7) is 0. The van der Waals surface area contributed by atoms with Crippen molar-refractivity contribution >= 4 is 81.5 Å². The van der Waals surface area contributed by atoms with Crippen LogP contribution in [0.15, 0.2) is 24.3 Å². The lowest BCUT2D eigenvalue weighted by molar-refractivity contribution is -0.200. The number of rotatable bonds is 4. The summed E-state index contributed by atoms with van der Waals surface area (Å²) in [5.41, 5.74) is 0. The molecule has 0 aliphatic heterocycles. The predicted molar refractivity (Wildman–Crippen MR) is 104 cm³/mol. The number of alkyl halides is 3. The molecule has 0 fully saturated rings. The van der Waals surface area contributed by atoms with Gasteiger partial charge in [-0.15, -0.1) is 0 Å². The first-order valence-corrected chi connectivity index (χ1v) is 9.37. The highest BCUT2D eigenvalue weighted by molar-refractivity contribution is 6.41. The van der Waals surface area contributed by atoms with Gasteiger partial charge in [0.15, 0.2) is 11.5 Å². The van der Waals surface area contributed by atoms with Gasteiger partial charge in [-0.05, 0) is 24.3 Å². The normalized spacial score (nSPS) is 11.5. The molecular formula is C16H5Cl6F3O4. The Bertz CT molecular complexity index is 862. The number of carbonyl (C=O) groups is 2. The SMILES string of the molecule is O=C(Oc1c(Cl)cc(Cl)cc1Cl)C(C(=O)Oc1c(Cl)cc(Cl)cc1Cl)C(F)(F)F. The zero-order valence-electron chi connectivity index (χ0n) is 13.4. The van der Waals surface area contributed by atoms with Gasteiger partial charge in [0.25, 0.3) is 0 Å². The van der Waals surface area contributed by atoms with Gasteiger partial charge in [0.05, 0.1) is 20.1 Å². The summed E-state index contributed by atoms with van der Waals surface area (Å²) in [4.78, 5) is 24.2. The third kappa shape index (κ3) is 5.96. The molecule has 0 spiro atoms. The Hall–Kier alpha value is -1.09. The molecule has 0 N–H and O–H groups in total. The molecule has 0 bridgehead atoms. The van der Waals surface area contributed by atoms with Gasteiger partial charge in [-0.25, -0.2) is 0 Å². The van der Waals surface area contributed by atoms with E-state index in [0.29, 0.717) is 0 Å². The smallest absolute Gasteiger partial charge is 0.412 e. The first kappa shape index (κ1) is 24.2. The molecule has 2 aromatic rings. The van der Waals surface area contributed by atoms with Crippen LogP contribution in [-0.4, -0.2) is 18.1 Å². The van der Waals surface area contributed by atoms with Crippen molar-refractivity contribution < 1.29 is 32.2 Å². The largest absolute Gasteiger partial charge is 0.422 e. The van der Waals surface area contributed by atoms with E-state index in [0.717, 1.165) is 24.3 Å². The molecule has 0 heterocycles. The summed E-state index contributed by atoms with van der Waals surface area (Å²) in [6, 6.07) is 4.30. The van der Waals surface area contributed by atoms with Crippen LogP contribution in [0, 0.1) is 5.92 Å². The summed E-state index contributed by atoms with van der Waals surface area (Å²) in [6.07, 6.45) is -5.38. The second-order valence-corrected chi connectivity index (χ2v) is 7.72. The number of carbonyl (C=O) groups excluding carboxylic acids is 2. The molecule has 29 heavy (non-hydrogen) atoms. The van der Waals surface area contributed by atoms with Gasteiger partial charge in [-0.1, -0.05) is 69.6 Å². The lowest BCUT2D eigenvalue weighted by Crippen LogP contribution is -2.42. The molecule has 0 saturated carbocycles. The lowest BCUT2D eigenvalue weighted by atomic mass is 10.1. The molecule has 13 heteroatoms. The van der Waals surface area contributed by atoms with Crippen molar-refractivity contribution in [2.24, 2.45) is 5.92 Å². The van der Waals surface area contributed by atoms with E-state index in [4.69, 9.17) is 69.6 Å². The van der Waals surface area contributed by atoms with Crippen molar-refractivity contribution in [1.29, 1.82) is 0 Å². The Morgan fingerprint density at radius 3 is 1.21 bits per heavy atom. The molecule has 0 amide bonds. The second kappa shape index (κ2) is 9.37. The monoisotopic (exact) mass is 528 g/mol. The fraction of sp³-hybridized carbons (Fsp3) is 0.125. The summed E-state index contributed by atoms with van der Waals surface area (Å²) < 4.78 is 49.3. The maximum Gasteiger partial charge on any atom is 0.412 e. The summed E-state index contributed by atoms with van der Waals surface area (Å²) in [5.74, 6) is -8.68. The summed E-state index contributed by atoms with van der Waals surface area (Å²) in [5, 5.41) is -1.33. The van der Waals surface area contributed by atoms with E-state index in [9.17, 15) is 22.8 Å². The molecule has 0 unspecified atom stereocenters. The first-order valence-electron chi connectivity index (χ1n) is 7.10. The highest BCUT2D eigenvalue weighted by Gasteiger charge is 2.53. The molecule has 2 aromatic carbocycles. The summed E-state index contributed by atoms with van der Waals surface area (Å²) >= 11 is 34.4. The number of hydrogen-bond acceptors (Lipinski definition) is 4. The maximum absolute atomic E-state index is 13.4. The van der Waals surface area contributed by atoms with Crippen LogP contribution in [0.5, 0.6) is 11.5 Å². The first-order chi connectivity index (χ1) is 13.3. The van der Waals surface area contributed by atoms with Crippen LogP contribution in [0.4, 0.5) is 13.2 Å². The molecule has 0 saturated heterocycles. The van der Waals surface area contributed by atoms with Crippen LogP contribution in [0.2, 0.25) is 30.1 Å². The van der Waals surface area contributed by atoms with E-state index < -0.39 is 35.5 Å². The van der Waals surface area contributed by atoms with Crippen LogP contribution in [0.1, 0.15) is 0 Å². The zero-order valence-corrected chi connectivity index (χ0v) is 18.0. The number of halogens is 9. The van der Waals surface area contributed by atoms with E-state index in [1.54, 1.807) is 0 Å². The molecule has 0 atom stereocenters. The third-order valence-corrected chi connectivity index (χ3v) is 4.69. The van der Waals surface area contributed by atoms with Crippen molar-refractivity contribution in [2.45, 2.75) is 6.18 Å². The van der Waals surface area contributed by atoms with Crippen molar-refractivity contribution in [3.05, 3.63) is 54.4 Å². The summed E-state index contributed by atoms with van der Waals surface area (Å²) in [7, 11) is 0. The zero-order chi connectivity index (χ0) is 22.1. The Balaban J connectivity index is 2.35. The second-order valence-electron chi connectivity index (χ2n) is 5.21. The minimum absolute atomic E-state index is 0.0404. The van der Waals surface area contributed by atoms with Gasteiger partial charge < -0.3 is 9.47 Å². The number of benzene rings is 2. The van der Waals surface area contributed by atoms with Crippen molar-refractivity contribution in [3.63, 3.8) is 0 Å². The third-order valence-electron chi connectivity index (χ3n) is 3.13. The quantitative estimate of drug-likeness (QED) is 0.236. The highest BCUT2D eigenvalue weighted by atomic mass is 35.5. The average molecular weight is 531 g/mol. The highest BCUT2D eigenvalue weighted by Crippen LogP contribution is 2.40. The van der Waals surface area contributed by atoms with Crippen LogP contribution in [0.3, 0.4) is 0 Å². The lowest BCUT2D eigenvalue weighted by Gasteiger charge is -2.19. The molecular weight excluding hydrogens is 526 g/mol. The molecule has 0 aromatic heterocycles. The van der Waals surface area contributed by atoms with Crippen molar-refractivity contribution in [3.8, 4) is 11.5 Å². The number of hydrogen-bond donors (Lipinski definition) is 0. The topological polar surface area (TPSA) is 52.6 Å². The van der Waals surface area contributed by atoms with Gasteiger partial charge in [0.1, 0.15) is 0 Å². The Morgan fingerprint density at radius 1 is 0.690 bits per heavy atom. The van der Waals surface area contributed by atoms with Gasteiger partial charge in [0, 0.05) is 10.0 Å². The van der Waals surface area contributed by atoms with Crippen molar-refractivity contribution in [1.82, 2.24) is 0 Å². The van der Waals surface area contributed by atoms with Crippen LogP contribution in [0.25, 0.3) is 0 Å². The molecule has 156 valence electrons. The van der Waals surface area contributed by atoms with Gasteiger partial charge >= 0.3 is 18.1 Å². The Morgan fingerprint density at radius 2 is 0.966 bits per heavy atom. The standard InChI is InChI=1S/C16H5Cl6F3O4/c17-5-1-7(19)12(8(20)2-5)28-14(26)11(16(23,24)25)15(27)29-13-9(21)3-6(18)4-10(13)22/h1-4,11H. The van der Waals surface area contributed by atoms with Gasteiger partial charge in [-0.3, -0.25) is 9.59 Å². The fourth-order valence-electron chi connectivity index (χ4n) is 1.94. The predicted octanol–water partition coefficient (Wildman–Crippen LogP) is 7.30. The van der Waals surface area contributed by atoms with E-state index >= 15 is 0 Å². The van der Waals surface area contributed by atoms with E-state index in [-0.39, 0.29) is 30.1 Å². The molecule has 0 radical (unpaired) electrons. The van der Waals surface area contributed by atoms with Crippen LogP contribution in [-0.2, 0) is 9.59 Å². The Labute approximate surface area is 191 Å². The average Bonchev–Trinajstić information content (AvgIpc) is 2.53. The minimum atomic E-state index is -5.38. The van der Waals surface area contributed by atoms with Crippen molar-refractivity contribution in [2.75, 3.05) is 0 Å². The number of esters is 2. The van der Waals surface area contributed by atoms with Crippen LogP contribution >= 0.6 is 69.6 Å². The molecule has 4 nitrogen and oxygen atoms in total. The fourth-order valence-corrected chi connectivity index (χ4v) is 3.72. The van der Waals surface area contributed by atoms with E-state index in [1.807, 2.05) is 0 Å². The minimum Gasteiger partial charge on any atom is -0.422 e. The van der Waals surface area contributed by atoms with E-state index in [2.05, 4.69) is 9.47 Å². The molecule has 2 rings (SSSR count).